The lowest BCUT2D eigenvalue weighted by Gasteiger charge is -2.41. The Kier molecular flexibility index (Phi) is 6.75. The molecule has 1 saturated heterocycles. The molecule has 1 aliphatic rings. The molecule has 0 aliphatic carbocycles. The number of hydrogen-bond acceptors (Lipinski definition) is 5. The molecule has 1 amide bonds. The van der Waals surface area contributed by atoms with Crippen LogP contribution in [0.3, 0.4) is 0 Å². The van der Waals surface area contributed by atoms with E-state index >= 15 is 0 Å². The number of aromatic nitrogens is 2. The minimum Gasteiger partial charge on any atom is -0.496 e. The number of carbonyl (C=O) groups excluding carboxylic acids is 1. The molecule has 33 heavy (non-hydrogen) atoms. The summed E-state index contributed by atoms with van der Waals surface area (Å²) in [5, 5.41) is 0. The third-order valence-electron chi connectivity index (χ3n) is 7.06. The van der Waals surface area contributed by atoms with Crippen LogP contribution >= 0.6 is 0 Å². The van der Waals surface area contributed by atoms with Crippen molar-refractivity contribution in [3.63, 3.8) is 0 Å². The van der Waals surface area contributed by atoms with E-state index in [9.17, 15) is 4.79 Å². The molecule has 6 nitrogen and oxygen atoms in total. The fourth-order valence-corrected chi connectivity index (χ4v) is 5.04. The average molecular weight is 445 g/mol. The monoisotopic (exact) mass is 444 g/mol. The maximum absolute atomic E-state index is 12.9. The summed E-state index contributed by atoms with van der Waals surface area (Å²) in [7, 11) is 1.70. The Morgan fingerprint density at radius 1 is 1.09 bits per heavy atom. The van der Waals surface area contributed by atoms with Gasteiger partial charge in [0.2, 0.25) is 5.91 Å². The number of likely N-dealkylation sites (tertiary alicyclic amines) is 1. The summed E-state index contributed by atoms with van der Waals surface area (Å²) in [6, 6.07) is 12.3. The Morgan fingerprint density at radius 2 is 1.85 bits per heavy atom. The van der Waals surface area contributed by atoms with E-state index in [1.165, 1.54) is 17.5 Å². The number of amides is 1. The number of methoxy groups -OCH3 is 1. The first-order valence-corrected chi connectivity index (χ1v) is 11.4. The predicted octanol–water partition coefficient (Wildman–Crippen LogP) is 4.08. The number of ether oxygens (including phenoxy) is 1. The molecule has 0 radical (unpaired) electrons. The van der Waals surface area contributed by atoms with Crippen LogP contribution in [0.25, 0.3) is 11.1 Å². The van der Waals surface area contributed by atoms with E-state index < -0.39 is 5.41 Å². The molecular formula is C27H32N4O2. The van der Waals surface area contributed by atoms with Crippen LogP contribution in [0.1, 0.15) is 35.1 Å². The van der Waals surface area contributed by atoms with Crippen molar-refractivity contribution in [2.24, 2.45) is 11.1 Å². The van der Waals surface area contributed by atoms with Gasteiger partial charge in [0.25, 0.3) is 0 Å². The molecule has 4 rings (SSSR count). The molecule has 1 aromatic heterocycles. The molecule has 1 fully saturated rings. The molecule has 1 aliphatic heterocycles. The minimum absolute atomic E-state index is 0.228. The summed E-state index contributed by atoms with van der Waals surface area (Å²) in [6.45, 7) is 6.61. The zero-order valence-electron chi connectivity index (χ0n) is 19.7. The van der Waals surface area contributed by atoms with Gasteiger partial charge in [-0.3, -0.25) is 9.69 Å². The Bertz CT molecular complexity index is 1130. The summed E-state index contributed by atoms with van der Waals surface area (Å²) in [6.07, 6.45) is 7.48. The minimum atomic E-state index is -0.612. The normalized spacial score (nSPS) is 18.8. The maximum Gasteiger partial charge on any atom is 0.225 e. The first kappa shape index (κ1) is 22.9. The number of piperidine rings is 1. The van der Waals surface area contributed by atoms with E-state index in [0.717, 1.165) is 53.9 Å². The van der Waals surface area contributed by atoms with E-state index in [1.807, 2.05) is 30.6 Å². The van der Waals surface area contributed by atoms with Crippen molar-refractivity contribution in [1.82, 2.24) is 14.9 Å². The van der Waals surface area contributed by atoms with Crippen molar-refractivity contribution in [2.75, 3.05) is 20.2 Å². The summed E-state index contributed by atoms with van der Waals surface area (Å²) in [5.41, 5.74) is 12.2. The molecule has 2 N–H and O–H groups in total. The van der Waals surface area contributed by atoms with Crippen LogP contribution in [-0.4, -0.2) is 41.0 Å². The molecule has 1 atom stereocenters. The first-order valence-electron chi connectivity index (χ1n) is 11.4. The maximum atomic E-state index is 12.9. The van der Waals surface area contributed by atoms with E-state index in [0.29, 0.717) is 13.0 Å². The third-order valence-corrected chi connectivity index (χ3v) is 7.06. The van der Waals surface area contributed by atoms with Crippen LogP contribution in [0.4, 0.5) is 0 Å². The van der Waals surface area contributed by atoms with Crippen LogP contribution in [0, 0.1) is 19.3 Å². The summed E-state index contributed by atoms with van der Waals surface area (Å²) >= 11 is 0. The second kappa shape index (κ2) is 9.71. The Morgan fingerprint density at radius 3 is 2.58 bits per heavy atom. The number of primary amides is 1. The second-order valence-electron chi connectivity index (χ2n) is 9.10. The van der Waals surface area contributed by atoms with E-state index in [2.05, 4.69) is 46.9 Å². The van der Waals surface area contributed by atoms with Gasteiger partial charge in [-0.05, 0) is 73.5 Å². The van der Waals surface area contributed by atoms with Gasteiger partial charge in [0.05, 0.1) is 12.5 Å². The first-order chi connectivity index (χ1) is 15.9. The number of carbonyl (C=O) groups is 1. The fourth-order valence-electron chi connectivity index (χ4n) is 5.04. The molecule has 0 bridgehead atoms. The largest absolute Gasteiger partial charge is 0.496 e. The van der Waals surface area contributed by atoms with Gasteiger partial charge in [-0.15, -0.1) is 0 Å². The smallest absolute Gasteiger partial charge is 0.225 e. The van der Waals surface area contributed by atoms with Gasteiger partial charge in [-0.1, -0.05) is 30.3 Å². The Hall–Kier alpha value is -3.25. The van der Waals surface area contributed by atoms with Gasteiger partial charge in [-0.2, -0.15) is 0 Å². The van der Waals surface area contributed by atoms with Gasteiger partial charge in [-0.25, -0.2) is 9.97 Å². The number of rotatable bonds is 7. The predicted molar refractivity (Wildman–Crippen MR) is 130 cm³/mol. The van der Waals surface area contributed by atoms with E-state index in [-0.39, 0.29) is 5.91 Å². The van der Waals surface area contributed by atoms with Crippen molar-refractivity contribution < 1.29 is 9.53 Å². The average Bonchev–Trinajstić information content (AvgIpc) is 2.83. The SMILES string of the molecule is COc1ccc(CN2CCCC(Cc3ccccc3-c3cncnc3)(C(N)=O)C2)c(C)c1C. The lowest BCUT2D eigenvalue weighted by molar-refractivity contribution is -0.131. The highest BCUT2D eigenvalue weighted by atomic mass is 16.5. The van der Waals surface area contributed by atoms with Crippen molar-refractivity contribution >= 4 is 5.91 Å². The zero-order chi connectivity index (χ0) is 23.4. The van der Waals surface area contributed by atoms with Crippen molar-refractivity contribution in [2.45, 2.75) is 39.7 Å². The lowest BCUT2D eigenvalue weighted by atomic mass is 9.73. The molecule has 172 valence electrons. The van der Waals surface area contributed by atoms with E-state index in [4.69, 9.17) is 10.5 Å². The van der Waals surface area contributed by atoms with Crippen molar-refractivity contribution in [3.8, 4) is 16.9 Å². The van der Waals surface area contributed by atoms with Gasteiger partial charge < -0.3 is 10.5 Å². The molecule has 2 aromatic carbocycles. The second-order valence-corrected chi connectivity index (χ2v) is 9.10. The standard InChI is InChI=1S/C27H32N4O2/c1-19-20(2)25(33-3)10-9-22(19)16-31-12-6-11-27(17-31,26(28)32)13-21-7-4-5-8-24(21)23-14-29-18-30-15-23/h4-5,7-10,14-15,18H,6,11-13,16-17H2,1-3H3,(H2,28,32). The highest BCUT2D eigenvalue weighted by molar-refractivity contribution is 5.82. The number of nitrogens with zero attached hydrogens (tertiary/aromatic N) is 3. The topological polar surface area (TPSA) is 81.3 Å². The van der Waals surface area contributed by atoms with Gasteiger partial charge in [0, 0.05) is 31.0 Å². The number of nitrogens with two attached hydrogens (primary N) is 1. The van der Waals surface area contributed by atoms with Crippen molar-refractivity contribution in [1.29, 1.82) is 0 Å². The number of hydrogen-bond donors (Lipinski definition) is 1. The van der Waals surface area contributed by atoms with Crippen LogP contribution in [0.2, 0.25) is 0 Å². The Labute approximate surface area is 195 Å². The highest BCUT2D eigenvalue weighted by Crippen LogP contribution is 2.37. The summed E-state index contributed by atoms with van der Waals surface area (Å²) < 4.78 is 5.47. The van der Waals surface area contributed by atoms with Crippen LogP contribution in [0.15, 0.2) is 55.1 Å². The molecule has 1 unspecified atom stereocenters. The molecular weight excluding hydrogens is 412 g/mol. The summed E-state index contributed by atoms with van der Waals surface area (Å²) in [5.74, 6) is 0.678. The van der Waals surface area contributed by atoms with Gasteiger partial charge in [0.15, 0.2) is 0 Å². The molecule has 0 saturated carbocycles. The molecule has 0 spiro atoms. The van der Waals surface area contributed by atoms with E-state index in [1.54, 1.807) is 7.11 Å². The van der Waals surface area contributed by atoms with Crippen molar-refractivity contribution in [3.05, 3.63) is 77.4 Å². The number of benzene rings is 2. The van der Waals surface area contributed by atoms with Gasteiger partial charge >= 0.3 is 0 Å². The third kappa shape index (κ3) is 4.76. The Balaban J connectivity index is 1.60. The molecule has 3 aromatic rings. The lowest BCUT2D eigenvalue weighted by Crippen LogP contribution is -2.51. The van der Waals surface area contributed by atoms with Crippen LogP contribution in [0.5, 0.6) is 5.75 Å². The van der Waals surface area contributed by atoms with Crippen LogP contribution in [-0.2, 0) is 17.8 Å². The zero-order valence-corrected chi connectivity index (χ0v) is 19.7. The fraction of sp³-hybridized carbons (Fsp3) is 0.370. The quantitative estimate of drug-likeness (QED) is 0.594. The highest BCUT2D eigenvalue weighted by Gasteiger charge is 2.41. The molecule has 2 heterocycles. The molecule has 6 heteroatoms. The van der Waals surface area contributed by atoms with Gasteiger partial charge in [0.1, 0.15) is 12.1 Å². The van der Waals surface area contributed by atoms with Crippen LogP contribution < -0.4 is 10.5 Å². The summed E-state index contributed by atoms with van der Waals surface area (Å²) in [4.78, 5) is 23.6.